The standard InChI is InChI=1S/C19H26N2O2S.C2H6/c1-2-14-21(15-16-10-12-20-13-11-16)24(22,23)19-9-5-7-17-6-3-4-8-18(17)19;1-2/h3-9,16,20H,2,10-15H2,1H3;1-2H3. The van der Waals surface area contributed by atoms with Crippen LogP contribution >= 0.6 is 0 Å². The van der Waals surface area contributed by atoms with Gasteiger partial charge in [0.2, 0.25) is 10.0 Å². The summed E-state index contributed by atoms with van der Waals surface area (Å²) in [6.45, 7) is 9.21. The van der Waals surface area contributed by atoms with Gasteiger partial charge in [0.25, 0.3) is 0 Å². The van der Waals surface area contributed by atoms with Gasteiger partial charge >= 0.3 is 0 Å². The van der Waals surface area contributed by atoms with Crippen molar-refractivity contribution in [3.8, 4) is 0 Å². The first-order chi connectivity index (χ1) is 12.6. The van der Waals surface area contributed by atoms with Gasteiger partial charge in [-0.2, -0.15) is 4.31 Å². The molecule has 1 aliphatic rings. The lowest BCUT2D eigenvalue weighted by molar-refractivity contribution is 0.288. The third kappa shape index (κ3) is 4.84. The molecule has 144 valence electrons. The number of fused-ring (bicyclic) bond motifs is 1. The first-order valence-corrected chi connectivity index (χ1v) is 11.3. The Kier molecular flexibility index (Phi) is 8.07. The summed E-state index contributed by atoms with van der Waals surface area (Å²) in [5, 5.41) is 5.13. The van der Waals surface area contributed by atoms with Crippen molar-refractivity contribution in [2.24, 2.45) is 5.92 Å². The van der Waals surface area contributed by atoms with Crippen LogP contribution in [0.15, 0.2) is 47.4 Å². The lowest BCUT2D eigenvalue weighted by Gasteiger charge is -2.29. The van der Waals surface area contributed by atoms with Crippen LogP contribution in [0.1, 0.15) is 40.0 Å². The van der Waals surface area contributed by atoms with E-state index >= 15 is 0 Å². The Morgan fingerprint density at radius 2 is 1.69 bits per heavy atom. The molecule has 0 aliphatic carbocycles. The Labute approximate surface area is 158 Å². The van der Waals surface area contributed by atoms with Crippen LogP contribution in [0.2, 0.25) is 0 Å². The van der Waals surface area contributed by atoms with E-state index in [1.165, 1.54) is 0 Å². The molecule has 2 aromatic carbocycles. The number of nitrogens with zero attached hydrogens (tertiary/aromatic N) is 1. The molecule has 1 fully saturated rings. The fraction of sp³-hybridized carbons (Fsp3) is 0.524. The van der Waals surface area contributed by atoms with E-state index in [4.69, 9.17) is 0 Å². The molecule has 1 aliphatic heterocycles. The summed E-state index contributed by atoms with van der Waals surface area (Å²) in [4.78, 5) is 0.433. The fourth-order valence-electron chi connectivity index (χ4n) is 3.47. The van der Waals surface area contributed by atoms with Crippen LogP contribution in [-0.4, -0.2) is 38.9 Å². The molecule has 0 atom stereocenters. The molecule has 2 aromatic rings. The highest BCUT2D eigenvalue weighted by atomic mass is 32.2. The average molecular weight is 377 g/mol. The molecule has 0 amide bonds. The van der Waals surface area contributed by atoms with Crippen LogP contribution < -0.4 is 5.32 Å². The van der Waals surface area contributed by atoms with E-state index in [0.29, 0.717) is 23.9 Å². The molecule has 26 heavy (non-hydrogen) atoms. The quantitative estimate of drug-likeness (QED) is 0.819. The predicted octanol–water partition coefficient (Wildman–Crippen LogP) is 4.27. The van der Waals surface area contributed by atoms with Gasteiger partial charge in [0, 0.05) is 18.5 Å². The molecule has 0 radical (unpaired) electrons. The summed E-state index contributed by atoms with van der Waals surface area (Å²) < 4.78 is 28.3. The summed E-state index contributed by atoms with van der Waals surface area (Å²) in [7, 11) is -3.48. The zero-order valence-electron chi connectivity index (χ0n) is 16.2. The Hall–Kier alpha value is -1.43. The van der Waals surface area contributed by atoms with E-state index in [-0.39, 0.29) is 0 Å². The van der Waals surface area contributed by atoms with Gasteiger partial charge in [-0.05, 0) is 49.7 Å². The Bertz CT molecular complexity index is 778. The van der Waals surface area contributed by atoms with Crippen molar-refractivity contribution < 1.29 is 8.42 Å². The van der Waals surface area contributed by atoms with Crippen molar-refractivity contribution in [3.63, 3.8) is 0 Å². The highest BCUT2D eigenvalue weighted by Crippen LogP contribution is 2.27. The number of sulfonamides is 1. The van der Waals surface area contributed by atoms with Gasteiger partial charge < -0.3 is 5.32 Å². The van der Waals surface area contributed by atoms with E-state index < -0.39 is 10.0 Å². The second kappa shape index (κ2) is 10.0. The minimum Gasteiger partial charge on any atom is -0.317 e. The predicted molar refractivity (Wildman–Crippen MR) is 110 cm³/mol. The van der Waals surface area contributed by atoms with E-state index in [1.54, 1.807) is 10.4 Å². The van der Waals surface area contributed by atoms with E-state index in [2.05, 4.69) is 5.32 Å². The first kappa shape index (κ1) is 20.9. The summed E-state index contributed by atoms with van der Waals surface area (Å²) in [6, 6.07) is 13.2. The van der Waals surface area contributed by atoms with Crippen molar-refractivity contribution >= 4 is 20.8 Å². The van der Waals surface area contributed by atoms with Crippen LogP contribution in [0.4, 0.5) is 0 Å². The monoisotopic (exact) mass is 376 g/mol. The number of piperidine rings is 1. The summed E-state index contributed by atoms with van der Waals surface area (Å²) in [5.41, 5.74) is 0. The van der Waals surface area contributed by atoms with Crippen molar-refractivity contribution in [3.05, 3.63) is 42.5 Å². The van der Waals surface area contributed by atoms with Gasteiger partial charge in [-0.1, -0.05) is 57.2 Å². The van der Waals surface area contributed by atoms with Gasteiger partial charge in [-0.25, -0.2) is 8.42 Å². The zero-order chi connectivity index (χ0) is 19.0. The molecular formula is C21H32N2O2S. The van der Waals surface area contributed by atoms with Gasteiger partial charge in [0.15, 0.2) is 0 Å². The lowest BCUT2D eigenvalue weighted by Crippen LogP contribution is -2.39. The molecule has 4 nitrogen and oxygen atoms in total. The topological polar surface area (TPSA) is 49.4 Å². The molecule has 0 unspecified atom stereocenters. The number of nitrogens with one attached hydrogen (secondary N) is 1. The summed E-state index contributed by atoms with van der Waals surface area (Å²) in [5.74, 6) is 0.447. The Morgan fingerprint density at radius 1 is 1.04 bits per heavy atom. The van der Waals surface area contributed by atoms with E-state index in [9.17, 15) is 8.42 Å². The van der Waals surface area contributed by atoms with Crippen molar-refractivity contribution in [2.75, 3.05) is 26.2 Å². The van der Waals surface area contributed by atoms with Gasteiger partial charge in [0.1, 0.15) is 0 Å². The smallest absolute Gasteiger partial charge is 0.243 e. The van der Waals surface area contributed by atoms with Crippen molar-refractivity contribution in [1.82, 2.24) is 9.62 Å². The molecule has 1 saturated heterocycles. The first-order valence-electron chi connectivity index (χ1n) is 9.81. The highest BCUT2D eigenvalue weighted by molar-refractivity contribution is 7.89. The summed E-state index contributed by atoms with van der Waals surface area (Å²) >= 11 is 0. The maximum atomic E-state index is 13.3. The number of benzene rings is 2. The second-order valence-corrected chi connectivity index (χ2v) is 8.44. The second-order valence-electron chi connectivity index (χ2n) is 6.53. The minimum absolute atomic E-state index is 0.433. The molecule has 0 saturated carbocycles. The third-order valence-corrected chi connectivity index (χ3v) is 6.68. The molecule has 3 rings (SSSR count). The molecule has 0 spiro atoms. The maximum Gasteiger partial charge on any atom is 0.243 e. The SMILES string of the molecule is CC.CCCN(CC1CCNCC1)S(=O)(=O)c1cccc2ccccc12. The molecule has 0 bridgehead atoms. The molecule has 5 heteroatoms. The van der Waals surface area contributed by atoms with Crippen molar-refractivity contribution in [1.29, 1.82) is 0 Å². The normalized spacial score (nSPS) is 15.7. The molecular weight excluding hydrogens is 344 g/mol. The van der Waals surface area contributed by atoms with Crippen LogP contribution in [0.25, 0.3) is 10.8 Å². The molecule has 1 heterocycles. The third-order valence-electron chi connectivity index (χ3n) is 4.76. The van der Waals surface area contributed by atoms with Crippen LogP contribution in [-0.2, 0) is 10.0 Å². The average Bonchev–Trinajstić information content (AvgIpc) is 2.69. The van der Waals surface area contributed by atoms with Crippen LogP contribution in [0.5, 0.6) is 0 Å². The van der Waals surface area contributed by atoms with Crippen LogP contribution in [0.3, 0.4) is 0 Å². The molecule has 0 aromatic heterocycles. The number of hydrogen-bond donors (Lipinski definition) is 1. The van der Waals surface area contributed by atoms with Crippen LogP contribution in [0, 0.1) is 5.92 Å². The fourth-order valence-corrected chi connectivity index (χ4v) is 5.29. The maximum absolute atomic E-state index is 13.3. The Balaban J connectivity index is 0.00000117. The van der Waals surface area contributed by atoms with Gasteiger partial charge in [-0.3, -0.25) is 0 Å². The Morgan fingerprint density at radius 3 is 2.38 bits per heavy atom. The summed E-state index contributed by atoms with van der Waals surface area (Å²) in [6.07, 6.45) is 2.92. The van der Waals surface area contributed by atoms with Crippen molar-refractivity contribution in [2.45, 2.75) is 44.9 Å². The largest absolute Gasteiger partial charge is 0.317 e. The van der Waals surface area contributed by atoms with Gasteiger partial charge in [-0.15, -0.1) is 0 Å². The van der Waals surface area contributed by atoms with E-state index in [0.717, 1.165) is 43.1 Å². The zero-order valence-corrected chi connectivity index (χ0v) is 17.1. The molecule has 1 N–H and O–H groups in total. The lowest BCUT2D eigenvalue weighted by atomic mass is 9.98. The number of hydrogen-bond acceptors (Lipinski definition) is 3. The van der Waals surface area contributed by atoms with E-state index in [1.807, 2.05) is 57.2 Å². The highest BCUT2D eigenvalue weighted by Gasteiger charge is 2.28. The number of rotatable bonds is 6. The minimum atomic E-state index is -3.48. The van der Waals surface area contributed by atoms with Gasteiger partial charge in [0.05, 0.1) is 4.90 Å².